The first kappa shape index (κ1) is 20.0. The Balaban J connectivity index is 1.29. The van der Waals surface area contributed by atoms with Crippen molar-refractivity contribution < 1.29 is 4.79 Å². The normalized spacial score (nSPS) is 19.3. The second-order valence-electron chi connectivity index (χ2n) is 8.93. The number of aromatic nitrogens is 2. The summed E-state index contributed by atoms with van der Waals surface area (Å²) >= 11 is 0. The number of fused-ring (bicyclic) bond motifs is 1. The zero-order valence-electron chi connectivity index (χ0n) is 17.8. The predicted octanol–water partition coefficient (Wildman–Crippen LogP) is 4.45. The van der Waals surface area contributed by atoms with Gasteiger partial charge < -0.3 is 10.2 Å². The molecule has 1 aliphatic heterocycles. The fourth-order valence-corrected chi connectivity index (χ4v) is 4.66. The fraction of sp³-hybridized carbons (Fsp3) is 0.583. The molecule has 2 aliphatic rings. The molecule has 1 saturated heterocycles. The first-order valence-corrected chi connectivity index (χ1v) is 11.3. The number of aromatic amines is 1. The molecule has 1 amide bonds. The minimum atomic E-state index is 0.263. The Morgan fingerprint density at radius 3 is 2.79 bits per heavy atom. The molecule has 5 nitrogen and oxygen atoms in total. The van der Waals surface area contributed by atoms with Crippen LogP contribution in [0.2, 0.25) is 0 Å². The van der Waals surface area contributed by atoms with E-state index in [-0.39, 0.29) is 5.91 Å². The molecule has 2 aromatic rings. The molecule has 2 N–H and O–H groups in total. The van der Waals surface area contributed by atoms with Gasteiger partial charge in [-0.3, -0.25) is 9.89 Å². The van der Waals surface area contributed by atoms with Crippen molar-refractivity contribution in [2.24, 2.45) is 0 Å². The number of hydrogen-bond acceptors (Lipinski definition) is 3. The van der Waals surface area contributed by atoms with Gasteiger partial charge >= 0.3 is 0 Å². The van der Waals surface area contributed by atoms with Crippen molar-refractivity contribution in [3.05, 3.63) is 46.8 Å². The van der Waals surface area contributed by atoms with Crippen LogP contribution >= 0.6 is 0 Å². The number of carbonyl (C=O) groups is 1. The first-order chi connectivity index (χ1) is 14.1. The van der Waals surface area contributed by atoms with E-state index in [1.54, 1.807) is 0 Å². The van der Waals surface area contributed by atoms with E-state index in [1.165, 1.54) is 29.7 Å². The highest BCUT2D eigenvalue weighted by Crippen LogP contribution is 2.24. The SMILES string of the molecule is CC(C)c1ccc(N[C@@H]2CCCN(C(=O)CCc3n[nH]c4c3CCCC4)C2)cc1. The van der Waals surface area contributed by atoms with E-state index < -0.39 is 0 Å². The lowest BCUT2D eigenvalue weighted by molar-refractivity contribution is -0.132. The smallest absolute Gasteiger partial charge is 0.223 e. The van der Waals surface area contributed by atoms with Gasteiger partial charge in [-0.25, -0.2) is 0 Å². The molecule has 156 valence electrons. The van der Waals surface area contributed by atoms with Crippen LogP contribution in [-0.4, -0.2) is 40.1 Å². The molecule has 0 bridgehead atoms. The van der Waals surface area contributed by atoms with Crippen LogP contribution < -0.4 is 5.32 Å². The maximum Gasteiger partial charge on any atom is 0.223 e. The highest BCUT2D eigenvalue weighted by Gasteiger charge is 2.24. The predicted molar refractivity (Wildman–Crippen MR) is 117 cm³/mol. The lowest BCUT2D eigenvalue weighted by Gasteiger charge is -2.34. The standard InChI is InChI=1S/C24H34N4O/c1-17(2)18-9-11-19(12-10-18)25-20-6-5-15-28(16-20)24(29)14-13-23-21-7-3-4-8-22(21)26-27-23/h9-12,17,20,25H,3-8,13-16H2,1-2H3,(H,26,27)/t20-/m1/s1. The van der Waals surface area contributed by atoms with Crippen molar-refractivity contribution >= 4 is 11.6 Å². The van der Waals surface area contributed by atoms with Crippen molar-refractivity contribution in [1.82, 2.24) is 15.1 Å². The summed E-state index contributed by atoms with van der Waals surface area (Å²) in [5.74, 6) is 0.811. The van der Waals surface area contributed by atoms with Crippen LogP contribution in [0.4, 0.5) is 5.69 Å². The minimum absolute atomic E-state index is 0.263. The minimum Gasteiger partial charge on any atom is -0.381 e. The number of rotatable bonds is 6. The fourth-order valence-electron chi connectivity index (χ4n) is 4.66. The van der Waals surface area contributed by atoms with E-state index in [9.17, 15) is 4.79 Å². The number of nitrogens with zero attached hydrogens (tertiary/aromatic N) is 2. The number of amides is 1. The summed E-state index contributed by atoms with van der Waals surface area (Å²) in [5.41, 5.74) is 6.30. The summed E-state index contributed by atoms with van der Waals surface area (Å²) in [4.78, 5) is 14.9. The van der Waals surface area contributed by atoms with Gasteiger partial charge in [-0.1, -0.05) is 26.0 Å². The third-order valence-corrected chi connectivity index (χ3v) is 6.44. The van der Waals surface area contributed by atoms with Gasteiger partial charge in [0, 0.05) is 43.4 Å². The Morgan fingerprint density at radius 2 is 2.00 bits per heavy atom. The van der Waals surface area contributed by atoms with Gasteiger partial charge in [0.1, 0.15) is 0 Å². The van der Waals surface area contributed by atoms with E-state index >= 15 is 0 Å². The third-order valence-electron chi connectivity index (χ3n) is 6.44. The zero-order chi connectivity index (χ0) is 20.2. The van der Waals surface area contributed by atoms with E-state index in [2.05, 4.69) is 53.6 Å². The molecular weight excluding hydrogens is 360 g/mol. The van der Waals surface area contributed by atoms with E-state index in [0.717, 1.165) is 56.6 Å². The maximum atomic E-state index is 12.8. The highest BCUT2D eigenvalue weighted by molar-refractivity contribution is 5.76. The summed E-state index contributed by atoms with van der Waals surface area (Å²) < 4.78 is 0. The van der Waals surface area contributed by atoms with Crippen LogP contribution in [-0.2, 0) is 24.1 Å². The van der Waals surface area contributed by atoms with Gasteiger partial charge in [0.25, 0.3) is 0 Å². The van der Waals surface area contributed by atoms with Crippen LogP contribution in [0.5, 0.6) is 0 Å². The highest BCUT2D eigenvalue weighted by atomic mass is 16.2. The number of benzene rings is 1. The van der Waals surface area contributed by atoms with Crippen molar-refractivity contribution in [2.45, 2.75) is 77.2 Å². The lowest BCUT2D eigenvalue weighted by atomic mass is 9.94. The molecular formula is C24H34N4O. The third kappa shape index (κ3) is 4.82. The van der Waals surface area contributed by atoms with Gasteiger partial charge in [0.2, 0.25) is 5.91 Å². The Labute approximate surface area is 174 Å². The Hall–Kier alpha value is -2.30. The molecule has 1 atom stereocenters. The summed E-state index contributed by atoms with van der Waals surface area (Å²) in [6.07, 6.45) is 8.20. The molecule has 2 heterocycles. The van der Waals surface area contributed by atoms with Crippen LogP contribution in [0.25, 0.3) is 0 Å². The average Bonchev–Trinajstić information content (AvgIpc) is 3.16. The van der Waals surface area contributed by atoms with Crippen LogP contribution in [0.3, 0.4) is 0 Å². The molecule has 0 radical (unpaired) electrons. The van der Waals surface area contributed by atoms with Gasteiger partial charge in [-0.15, -0.1) is 0 Å². The van der Waals surface area contributed by atoms with Crippen molar-refractivity contribution in [1.29, 1.82) is 0 Å². The Kier molecular flexibility index (Phi) is 6.22. The Morgan fingerprint density at radius 1 is 1.21 bits per heavy atom. The topological polar surface area (TPSA) is 61.0 Å². The van der Waals surface area contributed by atoms with Gasteiger partial charge in [-0.05, 0) is 67.7 Å². The number of anilines is 1. The first-order valence-electron chi connectivity index (χ1n) is 11.3. The molecule has 0 saturated carbocycles. The van der Waals surface area contributed by atoms with Gasteiger partial charge in [0.05, 0.1) is 5.69 Å². The number of likely N-dealkylation sites (tertiary alicyclic amines) is 1. The van der Waals surface area contributed by atoms with E-state index in [1.807, 2.05) is 4.90 Å². The molecule has 1 fully saturated rings. The summed E-state index contributed by atoms with van der Waals surface area (Å²) in [6.45, 7) is 6.10. The van der Waals surface area contributed by atoms with Crippen LogP contribution in [0.15, 0.2) is 24.3 Å². The zero-order valence-corrected chi connectivity index (χ0v) is 17.8. The van der Waals surface area contributed by atoms with Crippen molar-refractivity contribution in [2.75, 3.05) is 18.4 Å². The lowest BCUT2D eigenvalue weighted by Crippen LogP contribution is -2.45. The largest absolute Gasteiger partial charge is 0.381 e. The van der Waals surface area contributed by atoms with Crippen LogP contribution in [0, 0.1) is 0 Å². The number of piperidine rings is 1. The van der Waals surface area contributed by atoms with E-state index in [0.29, 0.717) is 18.4 Å². The number of carbonyl (C=O) groups excluding carboxylic acids is 1. The number of H-pyrrole nitrogens is 1. The summed E-state index contributed by atoms with van der Waals surface area (Å²) in [7, 11) is 0. The second-order valence-corrected chi connectivity index (χ2v) is 8.93. The number of aryl methyl sites for hydroxylation is 2. The molecule has 0 unspecified atom stereocenters. The maximum absolute atomic E-state index is 12.8. The monoisotopic (exact) mass is 394 g/mol. The summed E-state index contributed by atoms with van der Waals surface area (Å²) in [6, 6.07) is 9.05. The molecule has 0 spiro atoms. The van der Waals surface area contributed by atoms with E-state index in [4.69, 9.17) is 0 Å². The molecule has 1 aromatic carbocycles. The molecule has 29 heavy (non-hydrogen) atoms. The quantitative estimate of drug-likeness (QED) is 0.761. The van der Waals surface area contributed by atoms with Crippen molar-refractivity contribution in [3.63, 3.8) is 0 Å². The van der Waals surface area contributed by atoms with Gasteiger partial charge in [-0.2, -0.15) is 5.10 Å². The molecule has 5 heteroatoms. The molecule has 1 aliphatic carbocycles. The average molecular weight is 395 g/mol. The second kappa shape index (κ2) is 9.02. The van der Waals surface area contributed by atoms with Crippen LogP contribution in [0.1, 0.15) is 74.4 Å². The van der Waals surface area contributed by atoms with Crippen molar-refractivity contribution in [3.8, 4) is 0 Å². The summed E-state index contributed by atoms with van der Waals surface area (Å²) in [5, 5.41) is 11.3. The molecule has 4 rings (SSSR count). The molecule has 1 aromatic heterocycles. The number of hydrogen-bond donors (Lipinski definition) is 2. The van der Waals surface area contributed by atoms with Gasteiger partial charge in [0.15, 0.2) is 0 Å². The number of nitrogens with one attached hydrogen (secondary N) is 2. The Bertz CT molecular complexity index is 824.